The molecule has 0 aliphatic heterocycles. The Bertz CT molecular complexity index is 1700. The van der Waals surface area contributed by atoms with E-state index in [1.165, 1.54) is 89.9 Å². The van der Waals surface area contributed by atoms with Crippen LogP contribution in [0.1, 0.15) is 265 Å². The molecule has 0 saturated carbocycles. The van der Waals surface area contributed by atoms with E-state index in [1.807, 2.05) is 0 Å². The van der Waals surface area contributed by atoms with Crippen LogP contribution in [0.2, 0.25) is 0 Å². The highest BCUT2D eigenvalue weighted by molar-refractivity contribution is 5.71. The lowest BCUT2D eigenvalue weighted by molar-refractivity contribution is -0.167. The molecule has 77 heavy (non-hydrogen) atoms. The second kappa shape index (κ2) is 63.8. The molecular weight excluding hydrogens is 949 g/mol. The van der Waals surface area contributed by atoms with Crippen molar-refractivity contribution in [2.75, 3.05) is 13.2 Å². The molecule has 0 aromatic heterocycles. The Morgan fingerprint density at radius 1 is 0.273 bits per heavy atom. The Labute approximate surface area is 474 Å². The van der Waals surface area contributed by atoms with E-state index in [0.29, 0.717) is 32.1 Å². The third-order valence-corrected chi connectivity index (χ3v) is 12.8. The van der Waals surface area contributed by atoms with Crippen molar-refractivity contribution in [2.45, 2.75) is 271 Å². The molecule has 0 bridgehead atoms. The molecule has 0 spiro atoms. The van der Waals surface area contributed by atoms with Crippen LogP contribution in [-0.2, 0) is 28.6 Å². The zero-order chi connectivity index (χ0) is 55.7. The number of esters is 3. The molecule has 434 valence electrons. The fraction of sp³-hybridized carbons (Fsp3) is 0.620. The van der Waals surface area contributed by atoms with Gasteiger partial charge < -0.3 is 14.2 Å². The molecule has 0 fully saturated rings. The first-order chi connectivity index (χ1) is 38.0. The van der Waals surface area contributed by atoms with Crippen molar-refractivity contribution < 1.29 is 28.6 Å². The van der Waals surface area contributed by atoms with E-state index in [0.717, 1.165) is 122 Å². The third-order valence-electron chi connectivity index (χ3n) is 12.8. The summed E-state index contributed by atoms with van der Waals surface area (Å²) in [6.07, 6.45) is 91.4. The average molecular weight is 1060 g/mol. The van der Waals surface area contributed by atoms with Gasteiger partial charge in [0, 0.05) is 19.3 Å². The van der Waals surface area contributed by atoms with E-state index in [4.69, 9.17) is 14.2 Å². The lowest BCUT2D eigenvalue weighted by atomic mass is 10.0. The van der Waals surface area contributed by atoms with Gasteiger partial charge in [0.05, 0.1) is 0 Å². The van der Waals surface area contributed by atoms with Gasteiger partial charge in [-0.25, -0.2) is 0 Å². The van der Waals surface area contributed by atoms with Gasteiger partial charge >= 0.3 is 17.9 Å². The van der Waals surface area contributed by atoms with Crippen LogP contribution < -0.4 is 0 Å². The molecule has 6 nitrogen and oxygen atoms in total. The van der Waals surface area contributed by atoms with Gasteiger partial charge in [0.15, 0.2) is 6.10 Å². The van der Waals surface area contributed by atoms with Gasteiger partial charge in [-0.05, 0) is 122 Å². The standard InChI is InChI=1S/C71H114O6/c1-4-7-10-13-16-19-22-25-28-30-31-32-33-34-35-36-37-38-39-41-43-46-49-52-55-58-61-64-70(73)76-67-68(66-75-69(72)63-60-57-54-51-48-45-42-27-24-21-18-15-12-9-6-3)77-71(74)65-62-59-56-53-50-47-44-40-29-26-23-20-17-14-11-8-5-2/h7,9-10,12,16,18-19,21,25,27-28,31-32,34-35,37-38,41-43,48-49,51-52,68H,4-6,8,11,13-15,17,20,22-24,26,29-30,33,36,39-40,44-47,50,53-67H2,1-3H3/b10-7-,12-9-,19-16-,21-18-,28-25-,32-31-,35-34-,38-37-,42-27-,43-41-,51-48-,52-49-. The third kappa shape index (κ3) is 62.0. The second-order valence-electron chi connectivity index (χ2n) is 20.2. The first-order valence-electron chi connectivity index (χ1n) is 31.3. The van der Waals surface area contributed by atoms with Crippen LogP contribution in [0, 0.1) is 0 Å². The smallest absolute Gasteiger partial charge is 0.306 e. The fourth-order valence-electron chi connectivity index (χ4n) is 8.21. The van der Waals surface area contributed by atoms with Crippen LogP contribution in [0.15, 0.2) is 146 Å². The van der Waals surface area contributed by atoms with Crippen LogP contribution >= 0.6 is 0 Å². The second-order valence-corrected chi connectivity index (χ2v) is 20.2. The summed E-state index contributed by atoms with van der Waals surface area (Å²) in [5.74, 6) is -0.997. The lowest BCUT2D eigenvalue weighted by Gasteiger charge is -2.18. The SMILES string of the molecule is CC/C=C\C/C=C\C/C=C\C/C=C\C/C=C\C/C=C\C/C=C\C/C=C\CCCCC(=O)OCC(COC(=O)CCCC/C=C\C/C=C\C/C=C\C/C=C\CC)OC(=O)CCCCCCCCCCCCCCCCCCC. The van der Waals surface area contributed by atoms with Crippen LogP contribution in [0.4, 0.5) is 0 Å². The number of unbranched alkanes of at least 4 members (excludes halogenated alkanes) is 20. The van der Waals surface area contributed by atoms with Crippen molar-refractivity contribution in [2.24, 2.45) is 0 Å². The number of rotatable bonds is 55. The molecule has 0 aliphatic rings. The highest BCUT2D eigenvalue weighted by atomic mass is 16.6. The molecule has 6 heteroatoms. The van der Waals surface area contributed by atoms with Crippen molar-refractivity contribution in [1.82, 2.24) is 0 Å². The van der Waals surface area contributed by atoms with Crippen molar-refractivity contribution in [3.63, 3.8) is 0 Å². The van der Waals surface area contributed by atoms with E-state index < -0.39 is 6.10 Å². The summed E-state index contributed by atoms with van der Waals surface area (Å²) in [5, 5.41) is 0. The van der Waals surface area contributed by atoms with Gasteiger partial charge in [-0.3, -0.25) is 14.4 Å². The van der Waals surface area contributed by atoms with E-state index in [2.05, 4.69) is 167 Å². The number of hydrogen-bond donors (Lipinski definition) is 0. The molecule has 0 aliphatic carbocycles. The summed E-state index contributed by atoms with van der Waals surface area (Å²) < 4.78 is 16.8. The number of hydrogen-bond acceptors (Lipinski definition) is 6. The summed E-state index contributed by atoms with van der Waals surface area (Å²) in [6, 6.07) is 0. The predicted molar refractivity (Wildman–Crippen MR) is 334 cm³/mol. The fourth-order valence-corrected chi connectivity index (χ4v) is 8.21. The predicted octanol–water partition coefficient (Wildman–Crippen LogP) is 21.5. The minimum Gasteiger partial charge on any atom is -0.462 e. The molecule has 0 aromatic carbocycles. The average Bonchev–Trinajstić information content (AvgIpc) is 3.43. The molecule has 0 amide bonds. The Morgan fingerprint density at radius 3 is 0.792 bits per heavy atom. The zero-order valence-corrected chi connectivity index (χ0v) is 49.7. The van der Waals surface area contributed by atoms with E-state index >= 15 is 0 Å². The first kappa shape index (κ1) is 72.3. The molecule has 0 heterocycles. The van der Waals surface area contributed by atoms with Crippen LogP contribution in [0.5, 0.6) is 0 Å². The van der Waals surface area contributed by atoms with Crippen LogP contribution in [0.25, 0.3) is 0 Å². The van der Waals surface area contributed by atoms with Gasteiger partial charge in [0.2, 0.25) is 0 Å². The maximum atomic E-state index is 12.9. The summed E-state index contributed by atoms with van der Waals surface area (Å²) in [7, 11) is 0. The van der Waals surface area contributed by atoms with Gasteiger partial charge in [-0.1, -0.05) is 269 Å². The summed E-state index contributed by atoms with van der Waals surface area (Å²) in [6.45, 7) is 6.35. The zero-order valence-electron chi connectivity index (χ0n) is 49.7. The maximum Gasteiger partial charge on any atom is 0.306 e. The molecule has 1 unspecified atom stereocenters. The minimum absolute atomic E-state index is 0.117. The molecule has 0 rings (SSSR count). The van der Waals surface area contributed by atoms with Crippen molar-refractivity contribution in [1.29, 1.82) is 0 Å². The molecule has 0 aromatic rings. The summed E-state index contributed by atoms with van der Waals surface area (Å²) in [4.78, 5) is 38.3. The number of ether oxygens (including phenoxy) is 3. The van der Waals surface area contributed by atoms with Gasteiger partial charge in [0.1, 0.15) is 13.2 Å². The molecular formula is C71H114O6. The number of carbonyl (C=O) groups is 3. The summed E-state index contributed by atoms with van der Waals surface area (Å²) >= 11 is 0. The van der Waals surface area contributed by atoms with E-state index in [-0.39, 0.29) is 31.1 Å². The van der Waals surface area contributed by atoms with Crippen molar-refractivity contribution >= 4 is 17.9 Å². The Hall–Kier alpha value is -4.71. The monoisotopic (exact) mass is 1060 g/mol. The van der Waals surface area contributed by atoms with Crippen molar-refractivity contribution in [3.8, 4) is 0 Å². The number of carbonyl (C=O) groups excluding carboxylic acids is 3. The highest BCUT2D eigenvalue weighted by Gasteiger charge is 2.19. The Morgan fingerprint density at radius 2 is 0.506 bits per heavy atom. The van der Waals surface area contributed by atoms with Gasteiger partial charge in [-0.15, -0.1) is 0 Å². The quantitative estimate of drug-likeness (QED) is 0.0261. The molecule has 0 radical (unpaired) electrons. The van der Waals surface area contributed by atoms with Crippen LogP contribution in [0.3, 0.4) is 0 Å². The lowest BCUT2D eigenvalue weighted by Crippen LogP contribution is -2.30. The van der Waals surface area contributed by atoms with Gasteiger partial charge in [0.25, 0.3) is 0 Å². The maximum absolute atomic E-state index is 12.9. The van der Waals surface area contributed by atoms with Crippen molar-refractivity contribution in [3.05, 3.63) is 146 Å². The molecule has 0 saturated heterocycles. The Kier molecular flexibility index (Phi) is 59.9. The van der Waals surface area contributed by atoms with Crippen LogP contribution in [-0.4, -0.2) is 37.2 Å². The highest BCUT2D eigenvalue weighted by Crippen LogP contribution is 2.15. The number of allylic oxidation sites excluding steroid dienone is 24. The molecule has 0 N–H and O–H groups in total. The largest absolute Gasteiger partial charge is 0.462 e. The first-order valence-corrected chi connectivity index (χ1v) is 31.3. The van der Waals surface area contributed by atoms with E-state index in [9.17, 15) is 14.4 Å². The van der Waals surface area contributed by atoms with Gasteiger partial charge in [-0.2, -0.15) is 0 Å². The topological polar surface area (TPSA) is 78.9 Å². The normalized spacial score (nSPS) is 13.1. The Balaban J connectivity index is 4.49. The summed E-state index contributed by atoms with van der Waals surface area (Å²) in [5.41, 5.74) is 0. The van der Waals surface area contributed by atoms with E-state index in [1.54, 1.807) is 0 Å². The molecule has 1 atom stereocenters. The minimum atomic E-state index is -0.819.